The molecule has 0 aliphatic heterocycles. The van der Waals surface area contributed by atoms with Crippen LogP contribution in [0.1, 0.15) is 24.0 Å². The number of benzene rings is 2. The van der Waals surface area contributed by atoms with Crippen molar-refractivity contribution in [2.75, 3.05) is 0 Å². The van der Waals surface area contributed by atoms with Crippen molar-refractivity contribution in [3.63, 3.8) is 0 Å². The Morgan fingerprint density at radius 2 is 1.12 bits per heavy atom. The summed E-state index contributed by atoms with van der Waals surface area (Å²) in [5, 5.41) is 19.0. The molecule has 0 bridgehead atoms. The third-order valence-corrected chi connectivity index (χ3v) is 5.69. The van der Waals surface area contributed by atoms with Crippen molar-refractivity contribution < 1.29 is 24.4 Å². The first-order chi connectivity index (χ1) is 11.5. The molecule has 2 N–H and O–H groups in total. The van der Waals surface area contributed by atoms with Crippen LogP contribution >= 0.6 is 7.80 Å². The molecule has 0 unspecified atom stereocenters. The molecule has 0 atom stereocenters. The first kappa shape index (κ1) is 18.0. The summed E-state index contributed by atoms with van der Waals surface area (Å²) in [6.07, 6.45) is 0.595. The van der Waals surface area contributed by atoms with Crippen LogP contribution in [0.3, 0.4) is 0 Å². The van der Waals surface area contributed by atoms with Crippen LogP contribution in [0.2, 0.25) is 0 Å². The van der Waals surface area contributed by atoms with E-state index in [9.17, 15) is 14.2 Å². The maximum Gasteiger partial charge on any atom is 0.303 e. The van der Waals surface area contributed by atoms with Crippen LogP contribution in [0.25, 0.3) is 0 Å². The quantitative estimate of drug-likeness (QED) is 0.715. The van der Waals surface area contributed by atoms with Gasteiger partial charge in [0.1, 0.15) is 7.80 Å². The van der Waals surface area contributed by atoms with Gasteiger partial charge in [-0.3, -0.25) is 9.59 Å². The second-order valence-electron chi connectivity index (χ2n) is 5.43. The van der Waals surface area contributed by atoms with E-state index < -0.39 is 19.7 Å². The summed E-state index contributed by atoms with van der Waals surface area (Å²) in [4.78, 5) is 21.6. The first-order valence-electron chi connectivity index (χ1n) is 7.63. The summed E-state index contributed by atoms with van der Waals surface area (Å²) in [5.41, 5.74) is 1.52. The molecule has 6 heteroatoms. The van der Waals surface area contributed by atoms with E-state index in [4.69, 9.17) is 10.2 Å². The Bertz CT molecular complexity index is 706. The molecule has 0 heterocycles. The third-order valence-electron chi connectivity index (χ3n) is 3.74. The molecular weight excluding hydrogens is 327 g/mol. The Balaban J connectivity index is 2.32. The van der Waals surface area contributed by atoms with Crippen molar-refractivity contribution >= 4 is 30.3 Å². The van der Waals surface area contributed by atoms with Gasteiger partial charge < -0.3 is 14.8 Å². The summed E-state index contributed by atoms with van der Waals surface area (Å²) in [6.45, 7) is 0. The fraction of sp³-hybridized carbons (Fsp3) is 0.222. The maximum atomic E-state index is 13.1. The van der Waals surface area contributed by atoms with E-state index in [1.807, 2.05) is 0 Å². The average Bonchev–Trinajstić information content (AvgIpc) is 2.58. The van der Waals surface area contributed by atoms with Crippen LogP contribution in [0, 0.1) is 0 Å². The molecule has 2 rings (SSSR count). The Labute approximate surface area is 140 Å². The van der Waals surface area contributed by atoms with Crippen LogP contribution in [-0.4, -0.2) is 22.2 Å². The number of carbonyl (C=O) groups is 2. The van der Waals surface area contributed by atoms with Crippen molar-refractivity contribution in [3.8, 4) is 0 Å². The summed E-state index contributed by atoms with van der Waals surface area (Å²) >= 11 is 0. The minimum atomic E-state index is -2.33. The molecule has 0 spiro atoms. The van der Waals surface area contributed by atoms with Gasteiger partial charge in [0.25, 0.3) is 0 Å². The fourth-order valence-corrected chi connectivity index (χ4v) is 4.33. The van der Waals surface area contributed by atoms with Gasteiger partial charge >= 0.3 is 11.9 Å². The summed E-state index contributed by atoms with van der Waals surface area (Å²) < 4.78 is 13.1. The molecule has 126 valence electrons. The van der Waals surface area contributed by atoms with Crippen LogP contribution in [0.4, 0.5) is 0 Å². The number of hydrogen-bond donors (Lipinski definition) is 2. The average molecular weight is 346 g/mol. The molecule has 0 aromatic heterocycles. The number of rotatable bonds is 8. The van der Waals surface area contributed by atoms with Crippen molar-refractivity contribution in [2.45, 2.75) is 25.7 Å². The number of aliphatic carboxylic acids is 2. The lowest BCUT2D eigenvalue weighted by Crippen LogP contribution is -2.16. The standard InChI is InChI=1S/C18H19O5P/c19-17(20)11-9-13-5-1-3-7-15(13)24(23)16-8-4-2-6-14(16)10-12-18(21)22/h1-8,24H,9-12H2,(H,19,20)(H,21,22). The largest absolute Gasteiger partial charge is 0.481 e. The summed E-state index contributed by atoms with van der Waals surface area (Å²) in [7, 11) is -2.33. The number of aryl methyl sites for hydroxylation is 2. The van der Waals surface area contributed by atoms with Gasteiger partial charge in [-0.1, -0.05) is 48.5 Å². The molecule has 0 radical (unpaired) electrons. The lowest BCUT2D eigenvalue weighted by molar-refractivity contribution is -0.138. The molecule has 0 amide bonds. The molecule has 0 fully saturated rings. The molecule has 0 aliphatic carbocycles. The van der Waals surface area contributed by atoms with Crippen molar-refractivity contribution in [2.24, 2.45) is 0 Å². The van der Waals surface area contributed by atoms with E-state index >= 15 is 0 Å². The smallest absolute Gasteiger partial charge is 0.303 e. The van der Waals surface area contributed by atoms with E-state index in [0.29, 0.717) is 23.5 Å². The van der Waals surface area contributed by atoms with Gasteiger partial charge in [-0.25, -0.2) is 0 Å². The Hall–Kier alpha value is -2.39. The van der Waals surface area contributed by atoms with Crippen molar-refractivity contribution in [1.29, 1.82) is 0 Å². The van der Waals surface area contributed by atoms with Gasteiger partial charge in [-0.15, -0.1) is 0 Å². The van der Waals surface area contributed by atoms with Crippen molar-refractivity contribution in [1.82, 2.24) is 0 Å². The lowest BCUT2D eigenvalue weighted by atomic mass is 10.1. The topological polar surface area (TPSA) is 91.7 Å². The molecular formula is C18H19O5P. The number of hydrogen-bond acceptors (Lipinski definition) is 3. The molecule has 2 aromatic carbocycles. The zero-order chi connectivity index (χ0) is 17.5. The second kappa shape index (κ2) is 8.46. The number of carboxylic acid groups (broad SMARTS) is 2. The summed E-state index contributed by atoms with van der Waals surface area (Å²) in [6, 6.07) is 14.3. The fourth-order valence-electron chi connectivity index (χ4n) is 2.55. The first-order valence-corrected chi connectivity index (χ1v) is 9.04. The zero-order valence-electron chi connectivity index (χ0n) is 13.1. The van der Waals surface area contributed by atoms with Gasteiger partial charge in [0.05, 0.1) is 0 Å². The third kappa shape index (κ3) is 4.80. The van der Waals surface area contributed by atoms with E-state index in [-0.39, 0.29) is 12.8 Å². The molecule has 2 aromatic rings. The van der Waals surface area contributed by atoms with Gasteiger partial charge in [0.15, 0.2) is 0 Å². The Morgan fingerprint density at radius 3 is 1.50 bits per heavy atom. The Morgan fingerprint density at radius 1 is 0.750 bits per heavy atom. The van der Waals surface area contributed by atoms with Crippen molar-refractivity contribution in [3.05, 3.63) is 59.7 Å². The second-order valence-corrected chi connectivity index (χ2v) is 7.17. The van der Waals surface area contributed by atoms with Crippen LogP contribution in [-0.2, 0) is 27.0 Å². The Kier molecular flexibility index (Phi) is 6.33. The highest BCUT2D eigenvalue weighted by molar-refractivity contribution is 7.61. The highest BCUT2D eigenvalue weighted by Crippen LogP contribution is 2.25. The lowest BCUT2D eigenvalue weighted by Gasteiger charge is -2.12. The number of carboxylic acids is 2. The van der Waals surface area contributed by atoms with Gasteiger partial charge in [-0.2, -0.15) is 0 Å². The molecule has 5 nitrogen and oxygen atoms in total. The highest BCUT2D eigenvalue weighted by atomic mass is 31.1. The minimum absolute atomic E-state index is 0.0210. The van der Waals surface area contributed by atoms with Crippen LogP contribution in [0.15, 0.2) is 48.5 Å². The normalized spacial score (nSPS) is 10.7. The monoisotopic (exact) mass is 346 g/mol. The van der Waals surface area contributed by atoms with E-state index in [2.05, 4.69) is 0 Å². The molecule has 24 heavy (non-hydrogen) atoms. The van der Waals surface area contributed by atoms with Crippen LogP contribution < -0.4 is 10.6 Å². The van der Waals surface area contributed by atoms with E-state index in [1.165, 1.54) is 0 Å². The molecule has 0 saturated carbocycles. The molecule has 0 aliphatic rings. The minimum Gasteiger partial charge on any atom is -0.481 e. The van der Waals surface area contributed by atoms with Gasteiger partial charge in [0, 0.05) is 23.5 Å². The highest BCUT2D eigenvalue weighted by Gasteiger charge is 2.15. The van der Waals surface area contributed by atoms with Crippen LogP contribution in [0.5, 0.6) is 0 Å². The van der Waals surface area contributed by atoms with Gasteiger partial charge in [0.2, 0.25) is 0 Å². The van der Waals surface area contributed by atoms with Gasteiger partial charge in [-0.05, 0) is 24.0 Å². The zero-order valence-corrected chi connectivity index (χ0v) is 14.1. The molecule has 0 saturated heterocycles. The SMILES string of the molecule is O=C(O)CCc1ccccc1[PH](=O)c1ccccc1CCC(=O)O. The predicted octanol–water partition coefficient (Wildman–Crippen LogP) is 2.23. The maximum absolute atomic E-state index is 13.1. The van der Waals surface area contributed by atoms with E-state index in [0.717, 1.165) is 11.1 Å². The predicted molar refractivity (Wildman–Crippen MR) is 93.1 cm³/mol. The van der Waals surface area contributed by atoms with E-state index in [1.54, 1.807) is 48.5 Å². The summed E-state index contributed by atoms with van der Waals surface area (Å²) in [5.74, 6) is -1.79.